The molecule has 4 atom stereocenters. The fraction of sp³-hybridized carbons (Fsp3) is 0.314. The summed E-state index contributed by atoms with van der Waals surface area (Å²) in [6, 6.07) is 22.1. The van der Waals surface area contributed by atoms with E-state index in [2.05, 4.69) is 0 Å². The zero-order valence-electron chi connectivity index (χ0n) is 24.7. The summed E-state index contributed by atoms with van der Waals surface area (Å²) in [7, 11) is 0. The minimum atomic E-state index is -0.979. The van der Waals surface area contributed by atoms with Gasteiger partial charge in [0.05, 0.1) is 35.2 Å². The van der Waals surface area contributed by atoms with Gasteiger partial charge < -0.3 is 15.3 Å². The lowest BCUT2D eigenvalue weighted by molar-refractivity contribution is -0.384. The third-order valence-corrected chi connectivity index (χ3v) is 8.74. The molecule has 9 heteroatoms. The van der Waals surface area contributed by atoms with Crippen LogP contribution >= 0.6 is 0 Å². The Labute approximate surface area is 255 Å². The van der Waals surface area contributed by atoms with Gasteiger partial charge in [0.1, 0.15) is 5.75 Å². The highest BCUT2D eigenvalue weighted by Gasteiger charge is 2.55. The largest absolute Gasteiger partial charge is 0.508 e. The molecule has 3 N–H and O–H groups in total. The second kappa shape index (κ2) is 13.0. The normalized spacial score (nSPS) is 21.2. The summed E-state index contributed by atoms with van der Waals surface area (Å²) in [5, 5.41) is 43.5. The van der Waals surface area contributed by atoms with E-state index in [9.17, 15) is 35.0 Å². The van der Waals surface area contributed by atoms with Crippen LogP contribution in [0.5, 0.6) is 5.75 Å². The van der Waals surface area contributed by atoms with Crippen molar-refractivity contribution in [2.45, 2.75) is 39.2 Å². The molecule has 1 heterocycles. The minimum Gasteiger partial charge on any atom is -0.508 e. The molecule has 9 nitrogen and oxygen atoms in total. The van der Waals surface area contributed by atoms with Crippen LogP contribution < -0.4 is 4.90 Å². The highest BCUT2D eigenvalue weighted by Crippen LogP contribution is 2.49. The van der Waals surface area contributed by atoms with Gasteiger partial charge in [0, 0.05) is 18.1 Å². The molecular formula is C35H36N2O7. The molecule has 228 valence electrons. The van der Waals surface area contributed by atoms with Crippen LogP contribution in [0, 0.1) is 33.8 Å². The van der Waals surface area contributed by atoms with E-state index in [1.807, 2.05) is 62.4 Å². The Morgan fingerprint density at radius 3 is 2.36 bits per heavy atom. The molecule has 44 heavy (non-hydrogen) atoms. The van der Waals surface area contributed by atoms with Gasteiger partial charge >= 0.3 is 0 Å². The highest BCUT2D eigenvalue weighted by molar-refractivity contribution is 6.22. The highest BCUT2D eigenvalue weighted by atomic mass is 16.6. The molecule has 2 aliphatic rings. The number of aliphatic hydroxyl groups is 2. The Balaban J connectivity index is 1.45. The van der Waals surface area contributed by atoms with Crippen molar-refractivity contribution in [1.29, 1.82) is 0 Å². The van der Waals surface area contributed by atoms with Crippen LogP contribution in [0.15, 0.2) is 90.0 Å². The maximum absolute atomic E-state index is 13.8. The molecule has 3 aromatic rings. The van der Waals surface area contributed by atoms with E-state index in [0.717, 1.165) is 27.2 Å². The van der Waals surface area contributed by atoms with Gasteiger partial charge in [-0.3, -0.25) is 19.7 Å². The van der Waals surface area contributed by atoms with Crippen LogP contribution in [0.25, 0.3) is 11.6 Å². The summed E-state index contributed by atoms with van der Waals surface area (Å²) in [6.07, 6.45) is 2.09. The number of hydrogen-bond acceptors (Lipinski definition) is 7. The number of benzene rings is 3. The van der Waals surface area contributed by atoms with E-state index < -0.39 is 47.2 Å². The number of aliphatic hydroxyl groups excluding tert-OH is 2. The number of hydrogen-bond donors (Lipinski definition) is 3. The van der Waals surface area contributed by atoms with Crippen LogP contribution in [0.2, 0.25) is 0 Å². The van der Waals surface area contributed by atoms with Gasteiger partial charge in [-0.25, -0.2) is 4.90 Å². The van der Waals surface area contributed by atoms with Crippen molar-refractivity contribution >= 4 is 34.8 Å². The Hall–Kier alpha value is -4.60. The third-order valence-electron chi connectivity index (χ3n) is 8.74. The number of phenolic OH excluding ortho intramolecular Hbond substituents is 1. The Morgan fingerprint density at radius 1 is 1.02 bits per heavy atom. The molecule has 0 bridgehead atoms. The smallest absolute Gasteiger partial charge is 0.271 e. The van der Waals surface area contributed by atoms with E-state index in [1.165, 1.54) is 24.3 Å². The number of fused-ring (bicyclic) bond motifs is 1. The number of carbonyl (C=O) groups is 2. The number of carbonyl (C=O) groups excluding carboxylic acids is 2. The van der Waals surface area contributed by atoms with E-state index in [1.54, 1.807) is 12.1 Å². The topological polar surface area (TPSA) is 141 Å². The SMILES string of the molecule is CC(C)C1=C([C@H](O)CC/C(=C/c2ccc(O)cc2)c2ccccc2)[C@H](CO)[C@@H]2C(=O)N(c3cccc([N+](=O)[O-])c3)C(=O)[C@@H]2C1. The molecule has 0 unspecified atom stereocenters. The minimum absolute atomic E-state index is 0.0504. The zero-order chi connectivity index (χ0) is 31.5. The molecule has 0 saturated carbocycles. The van der Waals surface area contributed by atoms with E-state index in [0.29, 0.717) is 18.4 Å². The Morgan fingerprint density at radius 2 is 1.73 bits per heavy atom. The molecule has 0 radical (unpaired) electrons. The van der Waals surface area contributed by atoms with Gasteiger partial charge in [-0.2, -0.15) is 0 Å². The molecule has 0 aromatic heterocycles. The maximum Gasteiger partial charge on any atom is 0.271 e. The number of nitro groups is 1. The fourth-order valence-corrected chi connectivity index (χ4v) is 6.62. The number of non-ortho nitro benzene ring substituents is 1. The van der Waals surface area contributed by atoms with Gasteiger partial charge in [0.15, 0.2) is 0 Å². The van der Waals surface area contributed by atoms with Gasteiger partial charge in [0.25, 0.3) is 5.69 Å². The fourth-order valence-electron chi connectivity index (χ4n) is 6.62. The molecule has 5 rings (SSSR count). The molecule has 2 amide bonds. The number of nitrogens with zero attached hydrogens (tertiary/aromatic N) is 2. The van der Waals surface area contributed by atoms with Crippen molar-refractivity contribution in [1.82, 2.24) is 0 Å². The summed E-state index contributed by atoms with van der Waals surface area (Å²) in [5.74, 6) is -3.26. The summed E-state index contributed by atoms with van der Waals surface area (Å²) >= 11 is 0. The van der Waals surface area contributed by atoms with Gasteiger partial charge in [-0.15, -0.1) is 0 Å². The predicted molar refractivity (Wildman–Crippen MR) is 167 cm³/mol. The molecule has 0 spiro atoms. The Kier molecular flexibility index (Phi) is 9.08. The molecule has 1 aliphatic heterocycles. The standard InChI is InChI=1S/C35H36N2O7/c1-21(2)28-19-29-33(35(42)36(34(29)41)25-9-6-10-26(18-25)37(43)44)30(20-38)32(28)31(40)16-13-24(23-7-4-3-5-8-23)17-22-11-14-27(39)15-12-22/h3-12,14-15,17-18,21,29-31,33,38-40H,13,16,19-20H2,1-2H3/b24-17-/t29-,30+,31-,33-/m1/s1. The summed E-state index contributed by atoms with van der Waals surface area (Å²) in [4.78, 5) is 39.3. The monoisotopic (exact) mass is 596 g/mol. The van der Waals surface area contributed by atoms with E-state index in [-0.39, 0.29) is 29.5 Å². The van der Waals surface area contributed by atoms with Crippen molar-refractivity contribution in [2.24, 2.45) is 23.7 Å². The predicted octanol–water partition coefficient (Wildman–Crippen LogP) is 5.75. The first kappa shape index (κ1) is 30.8. The second-order valence-electron chi connectivity index (χ2n) is 11.7. The van der Waals surface area contributed by atoms with Gasteiger partial charge in [-0.05, 0) is 65.7 Å². The van der Waals surface area contributed by atoms with Crippen LogP contribution in [0.1, 0.15) is 44.2 Å². The first-order valence-corrected chi connectivity index (χ1v) is 14.8. The van der Waals surface area contributed by atoms with Crippen LogP contribution in [-0.4, -0.2) is 44.8 Å². The van der Waals surface area contributed by atoms with Crippen molar-refractivity contribution < 1.29 is 29.8 Å². The van der Waals surface area contributed by atoms with Gasteiger partial charge in [-0.1, -0.05) is 74.0 Å². The van der Waals surface area contributed by atoms with Crippen LogP contribution in [0.3, 0.4) is 0 Å². The van der Waals surface area contributed by atoms with Crippen molar-refractivity contribution in [3.05, 3.63) is 111 Å². The quantitative estimate of drug-likeness (QED) is 0.0889. The zero-order valence-corrected chi connectivity index (χ0v) is 24.7. The van der Waals surface area contributed by atoms with E-state index in [4.69, 9.17) is 0 Å². The van der Waals surface area contributed by atoms with E-state index >= 15 is 0 Å². The maximum atomic E-state index is 13.8. The first-order valence-electron chi connectivity index (χ1n) is 14.8. The van der Waals surface area contributed by atoms with Crippen molar-refractivity contribution in [3.8, 4) is 5.75 Å². The van der Waals surface area contributed by atoms with Crippen LogP contribution in [0.4, 0.5) is 11.4 Å². The second-order valence-corrected chi connectivity index (χ2v) is 11.7. The summed E-state index contributed by atoms with van der Waals surface area (Å²) in [5.41, 5.74) is 4.19. The lowest BCUT2D eigenvalue weighted by Gasteiger charge is -2.38. The summed E-state index contributed by atoms with van der Waals surface area (Å²) < 4.78 is 0. The number of rotatable bonds is 10. The van der Waals surface area contributed by atoms with Crippen molar-refractivity contribution in [2.75, 3.05) is 11.5 Å². The number of anilines is 1. The third kappa shape index (κ3) is 6.06. The number of aromatic hydroxyl groups is 1. The number of imide groups is 1. The van der Waals surface area contributed by atoms with Crippen molar-refractivity contribution in [3.63, 3.8) is 0 Å². The van der Waals surface area contributed by atoms with Crippen LogP contribution in [-0.2, 0) is 9.59 Å². The number of allylic oxidation sites excluding steroid dienone is 2. The summed E-state index contributed by atoms with van der Waals surface area (Å²) in [6.45, 7) is 3.51. The Bertz CT molecular complexity index is 1610. The number of phenols is 1. The first-order chi connectivity index (χ1) is 21.1. The molecule has 3 aromatic carbocycles. The number of amides is 2. The molecule has 1 fully saturated rings. The lowest BCUT2D eigenvalue weighted by Crippen LogP contribution is -2.39. The van der Waals surface area contributed by atoms with Gasteiger partial charge in [0.2, 0.25) is 11.8 Å². The molecule has 1 aliphatic carbocycles. The average molecular weight is 597 g/mol. The number of nitro benzene ring substituents is 1. The molecular weight excluding hydrogens is 560 g/mol. The lowest BCUT2D eigenvalue weighted by atomic mass is 9.66. The molecule has 1 saturated heterocycles. The average Bonchev–Trinajstić information content (AvgIpc) is 3.28.